The fourth-order valence-corrected chi connectivity index (χ4v) is 3.10. The maximum Gasteiger partial charge on any atom is 0.252 e. The van der Waals surface area contributed by atoms with Crippen molar-refractivity contribution in [3.63, 3.8) is 0 Å². The van der Waals surface area contributed by atoms with Crippen molar-refractivity contribution in [2.45, 2.75) is 31.4 Å². The highest BCUT2D eigenvalue weighted by atomic mass is 16.5. The highest BCUT2D eigenvalue weighted by molar-refractivity contribution is 5.78. The average Bonchev–Trinajstić information content (AvgIpc) is 2.56. The number of nitrogen functional groups attached to an aromatic ring is 1. The van der Waals surface area contributed by atoms with E-state index in [0.717, 1.165) is 5.56 Å². The topological polar surface area (TPSA) is 143 Å². The van der Waals surface area contributed by atoms with Crippen LogP contribution < -0.4 is 21.3 Å². The Morgan fingerprint density at radius 1 is 1.46 bits per heavy atom. The van der Waals surface area contributed by atoms with Gasteiger partial charge in [0.2, 0.25) is 11.9 Å². The lowest BCUT2D eigenvalue weighted by Crippen LogP contribution is -2.42. The quantitative estimate of drug-likeness (QED) is 0.565. The fraction of sp³-hybridized carbons (Fsp3) is 0.412. The summed E-state index contributed by atoms with van der Waals surface area (Å²) in [7, 11) is 1.55. The van der Waals surface area contributed by atoms with Crippen molar-refractivity contribution in [2.24, 2.45) is 5.92 Å². The lowest BCUT2D eigenvalue weighted by atomic mass is 9.75. The molecule has 3 rings (SSSR count). The number of anilines is 1. The van der Waals surface area contributed by atoms with E-state index in [1.807, 2.05) is 6.07 Å². The van der Waals surface area contributed by atoms with Crippen molar-refractivity contribution in [3.05, 3.63) is 46.1 Å². The number of methoxy groups -OCH3 is 1. The highest BCUT2D eigenvalue weighted by Crippen LogP contribution is 2.38. The molecule has 1 fully saturated rings. The molecular formula is C17H21N5O4. The van der Waals surface area contributed by atoms with E-state index in [-0.39, 0.29) is 36.3 Å². The smallest absolute Gasteiger partial charge is 0.252 e. The largest absolute Gasteiger partial charge is 0.495 e. The van der Waals surface area contributed by atoms with Gasteiger partial charge in [-0.1, -0.05) is 0 Å². The van der Waals surface area contributed by atoms with Gasteiger partial charge in [0.25, 0.3) is 5.56 Å². The molecule has 1 amide bonds. The van der Waals surface area contributed by atoms with Crippen LogP contribution in [0.15, 0.2) is 29.3 Å². The summed E-state index contributed by atoms with van der Waals surface area (Å²) in [5.41, 5.74) is 6.19. The lowest BCUT2D eigenvalue weighted by Gasteiger charge is -2.38. The zero-order chi connectivity index (χ0) is 18.7. The van der Waals surface area contributed by atoms with Gasteiger partial charge in [0, 0.05) is 12.3 Å². The summed E-state index contributed by atoms with van der Waals surface area (Å²) < 4.78 is 5.20. The minimum atomic E-state index is -0.407. The molecule has 0 spiro atoms. The maximum absolute atomic E-state index is 12.5. The first-order valence-electron chi connectivity index (χ1n) is 8.26. The van der Waals surface area contributed by atoms with Crippen LogP contribution in [0.4, 0.5) is 5.95 Å². The Bertz CT molecular complexity index is 847. The molecule has 2 aromatic heterocycles. The number of pyridine rings is 1. The number of H-pyrrole nitrogens is 1. The van der Waals surface area contributed by atoms with Gasteiger partial charge in [-0.2, -0.15) is 0 Å². The number of aliphatic hydroxyl groups is 1. The molecule has 138 valence electrons. The molecule has 0 radical (unpaired) electrons. The van der Waals surface area contributed by atoms with Gasteiger partial charge in [0.15, 0.2) is 0 Å². The van der Waals surface area contributed by atoms with Gasteiger partial charge in [0.1, 0.15) is 5.75 Å². The van der Waals surface area contributed by atoms with E-state index in [9.17, 15) is 14.7 Å². The van der Waals surface area contributed by atoms with Gasteiger partial charge in [0.05, 0.1) is 37.6 Å². The third kappa shape index (κ3) is 4.17. The van der Waals surface area contributed by atoms with Crippen LogP contribution in [0.1, 0.15) is 30.1 Å². The Morgan fingerprint density at radius 2 is 2.23 bits per heavy atom. The first-order chi connectivity index (χ1) is 12.4. The Morgan fingerprint density at radius 3 is 2.88 bits per heavy atom. The van der Waals surface area contributed by atoms with E-state index >= 15 is 0 Å². The highest BCUT2D eigenvalue weighted by Gasteiger charge is 2.36. The van der Waals surface area contributed by atoms with Gasteiger partial charge >= 0.3 is 0 Å². The number of carbonyl (C=O) groups is 1. The standard InChI is InChI=1S/C17H21N5O4/c1-26-13-4-10(7-19-8-13)16(9-2-12(23)3-9)21-14(24)5-11-6-15(25)22-17(18)20-11/h4,6-9,12,16,23H,2-3,5H2,1H3,(H,21,24)(H3,18,20,22,25)/t9?,12?,16-/m0/s1. The number of aliphatic hydroxyl groups excluding tert-OH is 1. The molecule has 0 aromatic carbocycles. The van der Waals surface area contributed by atoms with Crippen molar-refractivity contribution in [3.8, 4) is 5.75 Å². The summed E-state index contributed by atoms with van der Waals surface area (Å²) in [6.45, 7) is 0. The molecule has 0 aliphatic heterocycles. The number of ether oxygens (including phenoxy) is 1. The molecule has 1 atom stereocenters. The van der Waals surface area contributed by atoms with Gasteiger partial charge in [-0.3, -0.25) is 19.6 Å². The average molecular weight is 359 g/mol. The van der Waals surface area contributed by atoms with Crippen LogP contribution in [0.2, 0.25) is 0 Å². The normalized spacial score (nSPS) is 20.1. The van der Waals surface area contributed by atoms with Crippen LogP contribution in [0.5, 0.6) is 5.75 Å². The van der Waals surface area contributed by atoms with Crippen LogP contribution in [-0.2, 0) is 11.2 Å². The first kappa shape index (κ1) is 17.9. The van der Waals surface area contributed by atoms with Crippen molar-refractivity contribution in [1.82, 2.24) is 20.3 Å². The van der Waals surface area contributed by atoms with E-state index in [4.69, 9.17) is 10.5 Å². The number of hydrogen-bond donors (Lipinski definition) is 4. The molecule has 26 heavy (non-hydrogen) atoms. The van der Waals surface area contributed by atoms with Crippen LogP contribution >= 0.6 is 0 Å². The number of carbonyl (C=O) groups excluding carboxylic acids is 1. The fourth-order valence-electron chi connectivity index (χ4n) is 3.10. The third-order valence-corrected chi connectivity index (χ3v) is 4.42. The summed E-state index contributed by atoms with van der Waals surface area (Å²) in [5, 5.41) is 12.6. The Balaban J connectivity index is 1.76. The number of aromatic nitrogens is 3. The second-order valence-electron chi connectivity index (χ2n) is 6.39. The SMILES string of the molecule is COc1cncc([C@@H](NC(=O)Cc2cc(=O)[nH]c(N)n2)C2CC(O)C2)c1. The molecule has 1 aliphatic carbocycles. The van der Waals surface area contributed by atoms with Gasteiger partial charge in [-0.05, 0) is 30.4 Å². The first-order valence-corrected chi connectivity index (χ1v) is 8.26. The number of nitrogens with two attached hydrogens (primary N) is 1. The number of amides is 1. The van der Waals surface area contributed by atoms with Crippen LogP contribution in [-0.4, -0.2) is 39.2 Å². The van der Waals surface area contributed by atoms with E-state index in [2.05, 4.69) is 20.3 Å². The molecule has 0 bridgehead atoms. The molecule has 2 heterocycles. The van der Waals surface area contributed by atoms with E-state index in [0.29, 0.717) is 24.3 Å². The monoisotopic (exact) mass is 359 g/mol. The molecule has 9 heteroatoms. The van der Waals surface area contributed by atoms with Crippen molar-refractivity contribution < 1.29 is 14.6 Å². The summed E-state index contributed by atoms with van der Waals surface area (Å²) in [6.07, 6.45) is 4.02. The van der Waals surface area contributed by atoms with Gasteiger partial charge < -0.3 is 20.9 Å². The summed E-state index contributed by atoms with van der Waals surface area (Å²) in [4.78, 5) is 34.4. The Hall–Kier alpha value is -2.94. The minimum Gasteiger partial charge on any atom is -0.495 e. The van der Waals surface area contributed by atoms with Crippen molar-refractivity contribution in [2.75, 3.05) is 12.8 Å². The number of hydrogen-bond acceptors (Lipinski definition) is 7. The predicted octanol–water partition coefficient (Wildman–Crippen LogP) is -0.0734. The molecular weight excluding hydrogens is 338 g/mol. The summed E-state index contributed by atoms with van der Waals surface area (Å²) in [5.74, 6) is 0.360. The van der Waals surface area contributed by atoms with Gasteiger partial charge in [-0.15, -0.1) is 0 Å². The summed E-state index contributed by atoms with van der Waals surface area (Å²) >= 11 is 0. The number of rotatable bonds is 6. The molecule has 0 saturated heterocycles. The number of aromatic amines is 1. The van der Waals surface area contributed by atoms with E-state index in [1.165, 1.54) is 6.07 Å². The van der Waals surface area contributed by atoms with Crippen LogP contribution in [0, 0.1) is 5.92 Å². The third-order valence-electron chi connectivity index (χ3n) is 4.42. The van der Waals surface area contributed by atoms with Crippen LogP contribution in [0.25, 0.3) is 0 Å². The zero-order valence-electron chi connectivity index (χ0n) is 14.3. The van der Waals surface area contributed by atoms with E-state index in [1.54, 1.807) is 19.5 Å². The molecule has 9 nitrogen and oxygen atoms in total. The number of nitrogens with zero attached hydrogens (tertiary/aromatic N) is 2. The summed E-state index contributed by atoms with van der Waals surface area (Å²) in [6, 6.07) is 2.74. The molecule has 0 unspecified atom stereocenters. The van der Waals surface area contributed by atoms with Crippen LogP contribution in [0.3, 0.4) is 0 Å². The minimum absolute atomic E-state index is 0.0315. The molecule has 2 aromatic rings. The Labute approximate surface area is 149 Å². The second-order valence-corrected chi connectivity index (χ2v) is 6.39. The number of nitrogens with one attached hydrogen (secondary N) is 2. The second kappa shape index (κ2) is 7.52. The lowest BCUT2D eigenvalue weighted by molar-refractivity contribution is -0.122. The van der Waals surface area contributed by atoms with E-state index < -0.39 is 5.56 Å². The molecule has 1 aliphatic rings. The Kier molecular flexibility index (Phi) is 5.17. The van der Waals surface area contributed by atoms with Crippen molar-refractivity contribution >= 4 is 11.9 Å². The predicted molar refractivity (Wildman–Crippen MR) is 93.4 cm³/mol. The van der Waals surface area contributed by atoms with Crippen molar-refractivity contribution in [1.29, 1.82) is 0 Å². The molecule has 5 N–H and O–H groups in total. The van der Waals surface area contributed by atoms with Gasteiger partial charge in [-0.25, -0.2) is 4.98 Å². The zero-order valence-corrected chi connectivity index (χ0v) is 14.3. The molecule has 1 saturated carbocycles. The maximum atomic E-state index is 12.5.